The maximum absolute atomic E-state index is 12.5. The summed E-state index contributed by atoms with van der Waals surface area (Å²) in [6.45, 7) is 0. The zero-order chi connectivity index (χ0) is 12.5. The molecular formula is C14H11ClN2O. The molecule has 4 heteroatoms. The normalized spacial score (nSPS) is 14.5. The number of aromatic nitrogens is 2. The standard InChI is InChI=1S/C14H11ClN2O/c15-12-4-2-1-3-10(12)14(18)11-7-16-8-17-13(11)9-5-6-9/h1-4,7-9H,5-6H2. The number of hydrogen-bond donors (Lipinski definition) is 0. The number of hydrogen-bond acceptors (Lipinski definition) is 3. The number of carbonyl (C=O) groups is 1. The molecule has 3 nitrogen and oxygen atoms in total. The molecule has 0 saturated heterocycles. The predicted molar refractivity (Wildman–Crippen MR) is 68.9 cm³/mol. The van der Waals surface area contributed by atoms with Gasteiger partial charge < -0.3 is 0 Å². The maximum Gasteiger partial charge on any atom is 0.197 e. The van der Waals surface area contributed by atoms with E-state index in [4.69, 9.17) is 11.6 Å². The van der Waals surface area contributed by atoms with Gasteiger partial charge in [-0.15, -0.1) is 0 Å². The van der Waals surface area contributed by atoms with Crippen molar-refractivity contribution in [1.82, 2.24) is 9.97 Å². The molecule has 1 aromatic carbocycles. The second kappa shape index (κ2) is 4.50. The van der Waals surface area contributed by atoms with Crippen LogP contribution in [-0.2, 0) is 0 Å². The van der Waals surface area contributed by atoms with Gasteiger partial charge in [0.2, 0.25) is 0 Å². The Morgan fingerprint density at radius 2 is 2.00 bits per heavy atom. The molecule has 0 radical (unpaired) electrons. The lowest BCUT2D eigenvalue weighted by Crippen LogP contribution is -2.08. The minimum Gasteiger partial charge on any atom is -0.288 e. The van der Waals surface area contributed by atoms with Crippen LogP contribution in [0.4, 0.5) is 0 Å². The van der Waals surface area contributed by atoms with Gasteiger partial charge in [0.25, 0.3) is 0 Å². The number of ketones is 1. The summed E-state index contributed by atoms with van der Waals surface area (Å²) < 4.78 is 0. The van der Waals surface area contributed by atoms with Gasteiger partial charge in [0.05, 0.1) is 16.3 Å². The van der Waals surface area contributed by atoms with Crippen LogP contribution in [-0.4, -0.2) is 15.8 Å². The average Bonchev–Trinajstić information content (AvgIpc) is 3.23. The van der Waals surface area contributed by atoms with Crippen molar-refractivity contribution < 1.29 is 4.79 Å². The fourth-order valence-electron chi connectivity index (χ4n) is 1.99. The zero-order valence-electron chi connectivity index (χ0n) is 9.64. The van der Waals surface area contributed by atoms with Gasteiger partial charge in [-0.3, -0.25) is 4.79 Å². The van der Waals surface area contributed by atoms with E-state index in [2.05, 4.69) is 9.97 Å². The maximum atomic E-state index is 12.5. The van der Waals surface area contributed by atoms with Gasteiger partial charge in [-0.2, -0.15) is 0 Å². The second-order valence-corrected chi connectivity index (χ2v) is 4.81. The molecule has 1 saturated carbocycles. The molecule has 2 aromatic rings. The molecule has 0 amide bonds. The van der Waals surface area contributed by atoms with E-state index < -0.39 is 0 Å². The second-order valence-electron chi connectivity index (χ2n) is 4.40. The Balaban J connectivity index is 2.05. The van der Waals surface area contributed by atoms with E-state index in [1.165, 1.54) is 6.33 Å². The van der Waals surface area contributed by atoms with Crippen molar-refractivity contribution in [3.8, 4) is 0 Å². The fraction of sp³-hybridized carbons (Fsp3) is 0.214. The van der Waals surface area contributed by atoms with Crippen LogP contribution in [0.15, 0.2) is 36.8 Å². The highest BCUT2D eigenvalue weighted by atomic mass is 35.5. The minimum absolute atomic E-state index is 0.0944. The minimum atomic E-state index is -0.0944. The highest BCUT2D eigenvalue weighted by Gasteiger charge is 2.30. The number of halogens is 1. The van der Waals surface area contributed by atoms with Crippen molar-refractivity contribution in [2.45, 2.75) is 18.8 Å². The molecule has 1 aliphatic carbocycles. The van der Waals surface area contributed by atoms with Gasteiger partial charge in [0.1, 0.15) is 6.33 Å². The largest absolute Gasteiger partial charge is 0.288 e. The Bertz CT molecular complexity index is 608. The summed E-state index contributed by atoms with van der Waals surface area (Å²) in [4.78, 5) is 20.7. The number of nitrogens with zero attached hydrogens (tertiary/aromatic N) is 2. The monoisotopic (exact) mass is 258 g/mol. The van der Waals surface area contributed by atoms with Crippen LogP contribution in [0.3, 0.4) is 0 Å². The molecule has 0 atom stereocenters. The van der Waals surface area contributed by atoms with Crippen molar-refractivity contribution in [3.63, 3.8) is 0 Å². The van der Waals surface area contributed by atoms with Gasteiger partial charge in [-0.05, 0) is 25.0 Å². The lowest BCUT2D eigenvalue weighted by atomic mass is 10.0. The third kappa shape index (κ3) is 2.02. The lowest BCUT2D eigenvalue weighted by molar-refractivity contribution is 0.103. The van der Waals surface area contributed by atoms with Crippen LogP contribution in [0.25, 0.3) is 0 Å². The van der Waals surface area contributed by atoms with Gasteiger partial charge in [0, 0.05) is 17.7 Å². The highest BCUT2D eigenvalue weighted by Crippen LogP contribution is 2.40. The molecule has 3 rings (SSSR count). The molecule has 0 spiro atoms. The third-order valence-corrected chi connectivity index (χ3v) is 3.40. The van der Waals surface area contributed by atoms with E-state index in [9.17, 15) is 4.79 Å². The quantitative estimate of drug-likeness (QED) is 0.794. The summed E-state index contributed by atoms with van der Waals surface area (Å²) in [5.74, 6) is 0.317. The summed E-state index contributed by atoms with van der Waals surface area (Å²) in [6, 6.07) is 7.06. The van der Waals surface area contributed by atoms with Crippen molar-refractivity contribution in [2.24, 2.45) is 0 Å². The predicted octanol–water partition coefficient (Wildman–Crippen LogP) is 3.24. The first-order valence-electron chi connectivity index (χ1n) is 5.86. The van der Waals surface area contributed by atoms with E-state index in [0.29, 0.717) is 22.1 Å². The van der Waals surface area contributed by atoms with Crippen LogP contribution in [0.5, 0.6) is 0 Å². The Kier molecular flexibility index (Phi) is 2.84. The number of benzene rings is 1. The molecule has 90 valence electrons. The Morgan fingerprint density at radius 1 is 1.22 bits per heavy atom. The average molecular weight is 259 g/mol. The first kappa shape index (κ1) is 11.4. The van der Waals surface area contributed by atoms with Crippen LogP contribution in [0.2, 0.25) is 5.02 Å². The van der Waals surface area contributed by atoms with Crippen molar-refractivity contribution in [1.29, 1.82) is 0 Å². The fourth-order valence-corrected chi connectivity index (χ4v) is 2.21. The van der Waals surface area contributed by atoms with Crippen molar-refractivity contribution >= 4 is 17.4 Å². The molecule has 0 aliphatic heterocycles. The van der Waals surface area contributed by atoms with E-state index >= 15 is 0 Å². The third-order valence-electron chi connectivity index (χ3n) is 3.07. The van der Waals surface area contributed by atoms with Crippen LogP contribution in [0.1, 0.15) is 40.4 Å². The van der Waals surface area contributed by atoms with E-state index in [1.807, 2.05) is 6.07 Å². The molecular weight excluding hydrogens is 248 g/mol. The Morgan fingerprint density at radius 3 is 2.72 bits per heavy atom. The summed E-state index contributed by atoms with van der Waals surface area (Å²) in [5.41, 5.74) is 1.94. The summed E-state index contributed by atoms with van der Waals surface area (Å²) >= 11 is 6.05. The van der Waals surface area contributed by atoms with Crippen LogP contribution < -0.4 is 0 Å². The van der Waals surface area contributed by atoms with E-state index in [1.54, 1.807) is 24.4 Å². The Labute approximate surface area is 110 Å². The smallest absolute Gasteiger partial charge is 0.197 e. The summed E-state index contributed by atoms with van der Waals surface area (Å²) in [6.07, 6.45) is 5.28. The first-order valence-corrected chi connectivity index (χ1v) is 6.24. The molecule has 1 fully saturated rings. The Hall–Kier alpha value is -1.74. The molecule has 0 N–H and O–H groups in total. The summed E-state index contributed by atoms with van der Waals surface area (Å²) in [7, 11) is 0. The van der Waals surface area contributed by atoms with Gasteiger partial charge in [-0.1, -0.05) is 23.7 Å². The van der Waals surface area contributed by atoms with Crippen LogP contribution in [0, 0.1) is 0 Å². The number of carbonyl (C=O) groups excluding carboxylic acids is 1. The van der Waals surface area contributed by atoms with Gasteiger partial charge in [-0.25, -0.2) is 9.97 Å². The van der Waals surface area contributed by atoms with E-state index in [0.717, 1.165) is 18.5 Å². The molecule has 0 unspecified atom stereocenters. The molecule has 1 aliphatic rings. The molecule has 1 aromatic heterocycles. The van der Waals surface area contributed by atoms with E-state index in [-0.39, 0.29) is 5.78 Å². The lowest BCUT2D eigenvalue weighted by Gasteiger charge is -2.07. The zero-order valence-corrected chi connectivity index (χ0v) is 10.4. The van der Waals surface area contributed by atoms with Gasteiger partial charge in [0.15, 0.2) is 5.78 Å². The SMILES string of the molecule is O=C(c1ccccc1Cl)c1cncnc1C1CC1. The van der Waals surface area contributed by atoms with Crippen molar-refractivity contribution in [3.05, 3.63) is 58.6 Å². The molecule has 18 heavy (non-hydrogen) atoms. The first-order chi connectivity index (χ1) is 8.77. The van der Waals surface area contributed by atoms with Crippen LogP contribution >= 0.6 is 11.6 Å². The number of rotatable bonds is 3. The molecule has 1 heterocycles. The highest BCUT2D eigenvalue weighted by molar-refractivity contribution is 6.35. The topological polar surface area (TPSA) is 42.9 Å². The van der Waals surface area contributed by atoms with Crippen molar-refractivity contribution in [2.75, 3.05) is 0 Å². The molecule has 0 bridgehead atoms. The van der Waals surface area contributed by atoms with Gasteiger partial charge >= 0.3 is 0 Å². The summed E-state index contributed by atoms with van der Waals surface area (Å²) in [5, 5.41) is 0.466.